The topological polar surface area (TPSA) is 32.3 Å². The van der Waals surface area contributed by atoms with Gasteiger partial charge < -0.3 is 10.4 Å². The number of aliphatic hydroxyl groups is 1. The van der Waals surface area contributed by atoms with Crippen molar-refractivity contribution >= 4 is 0 Å². The quantitative estimate of drug-likeness (QED) is 0.737. The first-order valence-corrected chi connectivity index (χ1v) is 5.29. The molecule has 2 rings (SSSR count). The lowest BCUT2D eigenvalue weighted by molar-refractivity contribution is 0.235. The molecule has 1 aliphatic rings. The minimum atomic E-state index is 0.232. The monoisotopic (exact) mass is 191 g/mol. The van der Waals surface area contributed by atoms with Crippen LogP contribution in [0.1, 0.15) is 23.6 Å². The van der Waals surface area contributed by atoms with Crippen molar-refractivity contribution in [2.24, 2.45) is 0 Å². The molecule has 1 aliphatic heterocycles. The van der Waals surface area contributed by atoms with Crippen molar-refractivity contribution in [1.29, 1.82) is 0 Å². The maximum atomic E-state index is 9.08. The summed E-state index contributed by atoms with van der Waals surface area (Å²) in [6, 6.07) is 6.74. The van der Waals surface area contributed by atoms with Gasteiger partial charge in [-0.05, 0) is 29.5 Å². The van der Waals surface area contributed by atoms with Crippen molar-refractivity contribution in [2.45, 2.75) is 32.4 Å². The minimum absolute atomic E-state index is 0.232. The molecular weight excluding hydrogens is 174 g/mol. The third kappa shape index (κ3) is 1.68. The lowest BCUT2D eigenvalue weighted by Crippen LogP contribution is -2.38. The molecule has 2 nitrogen and oxygen atoms in total. The molecule has 0 aromatic heterocycles. The normalized spacial score (nSPS) is 20.6. The maximum absolute atomic E-state index is 9.08. The molecule has 1 unspecified atom stereocenters. The van der Waals surface area contributed by atoms with Gasteiger partial charge >= 0.3 is 0 Å². The van der Waals surface area contributed by atoms with E-state index in [1.165, 1.54) is 16.7 Å². The first-order valence-electron chi connectivity index (χ1n) is 5.29. The van der Waals surface area contributed by atoms with Gasteiger partial charge in [-0.25, -0.2) is 0 Å². The van der Waals surface area contributed by atoms with Gasteiger partial charge in [0.2, 0.25) is 0 Å². The van der Waals surface area contributed by atoms with Gasteiger partial charge in [-0.3, -0.25) is 0 Å². The van der Waals surface area contributed by atoms with E-state index in [4.69, 9.17) is 5.11 Å². The van der Waals surface area contributed by atoms with E-state index in [-0.39, 0.29) is 12.6 Å². The fourth-order valence-corrected chi connectivity index (χ4v) is 2.15. The standard InChI is InChI=1S/C12H17NO/c1-2-9-4-3-5-10-6-11(8-14)13-7-12(9)10/h3-5,11,13-14H,2,6-8H2,1H3. The van der Waals surface area contributed by atoms with E-state index in [9.17, 15) is 0 Å². The van der Waals surface area contributed by atoms with Gasteiger partial charge in [0.25, 0.3) is 0 Å². The molecule has 0 fully saturated rings. The molecular formula is C12H17NO. The summed E-state index contributed by atoms with van der Waals surface area (Å²) in [6.07, 6.45) is 2.05. The number of rotatable bonds is 2. The van der Waals surface area contributed by atoms with Crippen LogP contribution in [0.4, 0.5) is 0 Å². The Labute approximate surface area is 85.0 Å². The van der Waals surface area contributed by atoms with Crippen LogP contribution in [-0.4, -0.2) is 17.8 Å². The van der Waals surface area contributed by atoms with Gasteiger partial charge in [-0.1, -0.05) is 25.1 Å². The highest BCUT2D eigenvalue weighted by molar-refractivity contribution is 5.37. The van der Waals surface area contributed by atoms with Gasteiger partial charge in [-0.15, -0.1) is 0 Å². The summed E-state index contributed by atoms with van der Waals surface area (Å²) in [5.74, 6) is 0. The minimum Gasteiger partial charge on any atom is -0.395 e. The summed E-state index contributed by atoms with van der Waals surface area (Å²) in [4.78, 5) is 0. The number of hydrogen-bond acceptors (Lipinski definition) is 2. The highest BCUT2D eigenvalue weighted by atomic mass is 16.3. The van der Waals surface area contributed by atoms with Crippen LogP contribution in [0.2, 0.25) is 0 Å². The van der Waals surface area contributed by atoms with E-state index in [2.05, 4.69) is 30.4 Å². The molecule has 0 aliphatic carbocycles. The van der Waals surface area contributed by atoms with E-state index < -0.39 is 0 Å². The van der Waals surface area contributed by atoms with Crippen molar-refractivity contribution in [1.82, 2.24) is 5.32 Å². The first-order chi connectivity index (χ1) is 6.85. The van der Waals surface area contributed by atoms with Gasteiger partial charge in [0, 0.05) is 12.6 Å². The molecule has 1 atom stereocenters. The van der Waals surface area contributed by atoms with Gasteiger partial charge in [0.15, 0.2) is 0 Å². The molecule has 0 spiro atoms. The van der Waals surface area contributed by atoms with E-state index >= 15 is 0 Å². The van der Waals surface area contributed by atoms with E-state index in [0.717, 1.165) is 19.4 Å². The Kier molecular flexibility index (Phi) is 2.85. The molecule has 0 saturated carbocycles. The summed E-state index contributed by atoms with van der Waals surface area (Å²) in [7, 11) is 0. The Morgan fingerprint density at radius 3 is 3.07 bits per heavy atom. The number of fused-ring (bicyclic) bond motifs is 1. The molecule has 14 heavy (non-hydrogen) atoms. The maximum Gasteiger partial charge on any atom is 0.0587 e. The highest BCUT2D eigenvalue weighted by Gasteiger charge is 2.18. The molecule has 0 saturated heterocycles. The van der Waals surface area contributed by atoms with Crippen molar-refractivity contribution < 1.29 is 5.11 Å². The third-order valence-corrected chi connectivity index (χ3v) is 3.01. The Bertz CT molecular complexity index is 322. The second-order valence-corrected chi connectivity index (χ2v) is 3.87. The molecule has 1 heterocycles. The summed E-state index contributed by atoms with van der Waals surface area (Å²) < 4.78 is 0. The van der Waals surface area contributed by atoms with Gasteiger partial charge in [0.1, 0.15) is 0 Å². The average molecular weight is 191 g/mol. The zero-order chi connectivity index (χ0) is 9.97. The smallest absolute Gasteiger partial charge is 0.0587 e. The Morgan fingerprint density at radius 2 is 2.36 bits per heavy atom. The summed E-state index contributed by atoms with van der Waals surface area (Å²) in [5.41, 5.74) is 4.29. The van der Waals surface area contributed by atoms with Crippen LogP contribution in [0, 0.1) is 0 Å². The lowest BCUT2D eigenvalue weighted by Gasteiger charge is -2.26. The van der Waals surface area contributed by atoms with Gasteiger partial charge in [0.05, 0.1) is 6.61 Å². The van der Waals surface area contributed by atoms with Crippen molar-refractivity contribution in [2.75, 3.05) is 6.61 Å². The van der Waals surface area contributed by atoms with Crippen LogP contribution < -0.4 is 5.32 Å². The largest absolute Gasteiger partial charge is 0.395 e. The van der Waals surface area contributed by atoms with Crippen molar-refractivity contribution in [3.63, 3.8) is 0 Å². The number of benzene rings is 1. The van der Waals surface area contributed by atoms with Crippen LogP contribution in [-0.2, 0) is 19.4 Å². The summed E-state index contributed by atoms with van der Waals surface area (Å²) in [5, 5.41) is 12.4. The highest BCUT2D eigenvalue weighted by Crippen LogP contribution is 2.20. The molecule has 2 N–H and O–H groups in total. The molecule has 0 bridgehead atoms. The van der Waals surface area contributed by atoms with Gasteiger partial charge in [-0.2, -0.15) is 0 Å². The number of aryl methyl sites for hydroxylation is 1. The predicted molar refractivity (Wildman–Crippen MR) is 57.2 cm³/mol. The van der Waals surface area contributed by atoms with Crippen molar-refractivity contribution in [3.05, 3.63) is 34.9 Å². The third-order valence-electron chi connectivity index (χ3n) is 3.01. The fraction of sp³-hybridized carbons (Fsp3) is 0.500. The first kappa shape index (κ1) is 9.69. The summed E-state index contributed by atoms with van der Waals surface area (Å²) in [6.45, 7) is 3.33. The van der Waals surface area contributed by atoms with E-state index in [1.807, 2.05) is 0 Å². The van der Waals surface area contributed by atoms with Crippen LogP contribution in [0.5, 0.6) is 0 Å². The molecule has 76 valence electrons. The SMILES string of the molecule is CCc1cccc2c1CNC(CO)C2. The molecule has 0 amide bonds. The number of hydrogen-bond donors (Lipinski definition) is 2. The van der Waals surface area contributed by atoms with Crippen LogP contribution in [0.15, 0.2) is 18.2 Å². The Morgan fingerprint density at radius 1 is 1.50 bits per heavy atom. The van der Waals surface area contributed by atoms with Crippen LogP contribution >= 0.6 is 0 Å². The zero-order valence-electron chi connectivity index (χ0n) is 8.59. The Hall–Kier alpha value is -0.860. The lowest BCUT2D eigenvalue weighted by atomic mass is 9.91. The second-order valence-electron chi connectivity index (χ2n) is 3.87. The van der Waals surface area contributed by atoms with E-state index in [0.29, 0.717) is 0 Å². The molecule has 1 aromatic carbocycles. The number of aliphatic hydroxyl groups excluding tert-OH is 1. The van der Waals surface area contributed by atoms with Crippen LogP contribution in [0.25, 0.3) is 0 Å². The summed E-state index contributed by atoms with van der Waals surface area (Å²) >= 11 is 0. The number of nitrogens with one attached hydrogen (secondary N) is 1. The molecule has 2 heteroatoms. The second kappa shape index (κ2) is 4.11. The van der Waals surface area contributed by atoms with Crippen LogP contribution in [0.3, 0.4) is 0 Å². The zero-order valence-corrected chi connectivity index (χ0v) is 8.59. The predicted octanol–water partition coefficient (Wildman–Crippen LogP) is 1.26. The van der Waals surface area contributed by atoms with E-state index in [1.54, 1.807) is 0 Å². The van der Waals surface area contributed by atoms with Crippen molar-refractivity contribution in [3.8, 4) is 0 Å². The average Bonchev–Trinajstić information content (AvgIpc) is 2.27. The molecule has 1 aromatic rings. The fourth-order valence-electron chi connectivity index (χ4n) is 2.15. The molecule has 0 radical (unpaired) electrons. The Balaban J connectivity index is 2.30.